The Kier molecular flexibility index (Phi) is 11.2. The predicted octanol–water partition coefficient (Wildman–Crippen LogP) is -0.955. The number of aliphatic hydroxyl groups is 2. The molecule has 0 spiro atoms. The fourth-order valence-electron chi connectivity index (χ4n) is 5.11. The molecule has 2 aliphatic rings. The Hall–Kier alpha value is -2.80. The van der Waals surface area contributed by atoms with E-state index in [-0.39, 0.29) is 29.9 Å². The summed E-state index contributed by atoms with van der Waals surface area (Å²) in [7, 11) is 1.22. The quantitative estimate of drug-likeness (QED) is 0.135. The zero-order valence-electron chi connectivity index (χ0n) is 25.3. The van der Waals surface area contributed by atoms with Crippen molar-refractivity contribution >= 4 is 24.4 Å². The Morgan fingerprint density at radius 3 is 1.73 bits per heavy atom. The molecule has 17 nitrogen and oxygen atoms in total. The van der Waals surface area contributed by atoms with Gasteiger partial charge in [-0.2, -0.15) is 0 Å². The second-order valence-corrected chi connectivity index (χ2v) is 14.3. The van der Waals surface area contributed by atoms with Crippen molar-refractivity contribution < 1.29 is 38.3 Å². The largest absolute Gasteiger partial charge is 0.468 e. The third-order valence-corrected chi connectivity index (χ3v) is 10.1. The molecule has 2 aromatic heterocycles. The number of H-pyrrole nitrogens is 2. The van der Waals surface area contributed by atoms with Crippen LogP contribution >= 0.6 is 6.64 Å². The highest BCUT2D eigenvalue weighted by atomic mass is 32.5. The molecule has 0 bridgehead atoms. The molecular weight excluding hydrogens is 637 g/mol. The molecular formula is C26H38N5O12PS. The van der Waals surface area contributed by atoms with Crippen molar-refractivity contribution in [3.05, 3.63) is 65.2 Å². The summed E-state index contributed by atoms with van der Waals surface area (Å²) in [6.07, 6.45) is -3.10. The van der Waals surface area contributed by atoms with Crippen LogP contribution in [0.25, 0.3) is 0 Å². The lowest BCUT2D eigenvalue weighted by Gasteiger charge is -2.34. The van der Waals surface area contributed by atoms with Gasteiger partial charge in [-0.05, 0) is 31.6 Å². The van der Waals surface area contributed by atoms with E-state index in [1.807, 2.05) is 0 Å². The summed E-state index contributed by atoms with van der Waals surface area (Å²) in [5.41, 5.74) is -2.02. The molecule has 0 saturated carbocycles. The fraction of sp³-hybridized carbons (Fsp3) is 0.654. The molecule has 0 radical (unpaired) electrons. The van der Waals surface area contributed by atoms with Gasteiger partial charge in [0, 0.05) is 36.4 Å². The number of aromatic amines is 2. The minimum atomic E-state index is -3.78. The first kappa shape index (κ1) is 35.1. The van der Waals surface area contributed by atoms with E-state index < -0.39 is 91.2 Å². The number of hydrogen-bond acceptors (Lipinski definition) is 13. The highest BCUT2D eigenvalue weighted by Crippen LogP contribution is 2.53. The molecule has 0 aliphatic carbocycles. The molecule has 0 aromatic carbocycles. The van der Waals surface area contributed by atoms with E-state index in [4.69, 9.17) is 35.1 Å². The minimum Gasteiger partial charge on any atom is -0.468 e. The highest BCUT2D eigenvalue weighted by Gasteiger charge is 2.46. The second-order valence-electron chi connectivity index (χ2n) is 11.2. The van der Waals surface area contributed by atoms with Gasteiger partial charge in [-0.1, -0.05) is 13.8 Å². The Labute approximate surface area is 261 Å². The average molecular weight is 676 g/mol. The number of carbonyl (C=O) groups excluding carboxylic acids is 1. The maximum atomic E-state index is 12.7. The predicted molar refractivity (Wildman–Crippen MR) is 161 cm³/mol. The molecule has 2 aliphatic heterocycles. The van der Waals surface area contributed by atoms with Crippen LogP contribution in [0.15, 0.2) is 31.6 Å². The van der Waals surface area contributed by atoms with E-state index in [0.29, 0.717) is 0 Å². The lowest BCUT2D eigenvalue weighted by molar-refractivity contribution is -0.143. The molecule has 4 heterocycles. The van der Waals surface area contributed by atoms with E-state index in [2.05, 4.69) is 15.1 Å². The normalized spacial score (nSPS) is 26.0. The van der Waals surface area contributed by atoms with Gasteiger partial charge < -0.3 is 33.5 Å². The highest BCUT2D eigenvalue weighted by molar-refractivity contribution is 8.09. The van der Waals surface area contributed by atoms with Gasteiger partial charge in [-0.25, -0.2) is 14.7 Å². The number of nitrogens with one attached hydrogen (secondary N) is 3. The topological polar surface area (TPSA) is 225 Å². The summed E-state index contributed by atoms with van der Waals surface area (Å²) >= 11 is 5.92. The van der Waals surface area contributed by atoms with E-state index >= 15 is 0 Å². The number of aliphatic hydroxyl groups excluding tert-OH is 2. The molecule has 0 amide bonds. The maximum absolute atomic E-state index is 12.7. The Balaban J connectivity index is 1.66. The van der Waals surface area contributed by atoms with Gasteiger partial charge in [-0.15, -0.1) is 0 Å². The molecule has 2 saturated heterocycles. The van der Waals surface area contributed by atoms with Crippen molar-refractivity contribution in [3.63, 3.8) is 0 Å². The molecule has 19 heteroatoms. The van der Waals surface area contributed by atoms with E-state index in [1.54, 1.807) is 13.8 Å². The summed E-state index contributed by atoms with van der Waals surface area (Å²) in [6.45, 7) is 1.71. The third-order valence-electron chi connectivity index (χ3n) is 7.60. The van der Waals surface area contributed by atoms with E-state index in [0.717, 1.165) is 0 Å². The third kappa shape index (κ3) is 7.78. The number of aromatic nitrogens is 4. The van der Waals surface area contributed by atoms with Crippen LogP contribution < -0.4 is 27.6 Å². The molecule has 0 unspecified atom stereocenters. The summed E-state index contributed by atoms with van der Waals surface area (Å²) < 4.78 is 31.8. The zero-order valence-corrected chi connectivity index (χ0v) is 27.0. The molecule has 5 N–H and O–H groups in total. The average Bonchev–Trinajstić information content (AvgIpc) is 3.57. The Morgan fingerprint density at radius 2 is 1.38 bits per heavy atom. The second kappa shape index (κ2) is 14.3. The number of methoxy groups -OCH3 is 1. The van der Waals surface area contributed by atoms with Crippen molar-refractivity contribution in [1.29, 1.82) is 0 Å². The fourth-order valence-corrected chi connectivity index (χ4v) is 8.18. The number of esters is 1. The first-order valence-electron chi connectivity index (χ1n) is 14.2. The van der Waals surface area contributed by atoms with Crippen molar-refractivity contribution in [2.45, 2.75) is 83.5 Å². The molecule has 45 heavy (non-hydrogen) atoms. The molecule has 2 fully saturated rings. The molecule has 250 valence electrons. The van der Waals surface area contributed by atoms with Crippen molar-refractivity contribution in [2.75, 3.05) is 20.3 Å². The monoisotopic (exact) mass is 675 g/mol. The van der Waals surface area contributed by atoms with Gasteiger partial charge in [0.05, 0.1) is 32.5 Å². The first-order valence-corrected chi connectivity index (χ1v) is 16.8. The van der Waals surface area contributed by atoms with Crippen LogP contribution in [-0.2, 0) is 39.9 Å². The van der Waals surface area contributed by atoms with Gasteiger partial charge in [0.1, 0.15) is 30.7 Å². The lowest BCUT2D eigenvalue weighted by Crippen LogP contribution is -2.43. The summed E-state index contributed by atoms with van der Waals surface area (Å²) in [5, 5.41) is 23.3. The van der Waals surface area contributed by atoms with Crippen LogP contribution in [0.2, 0.25) is 0 Å². The van der Waals surface area contributed by atoms with E-state index in [9.17, 15) is 34.2 Å². The standard InChI is InChI=1S/C26H38N5O12PS/c1-12(2)21(24(36)39-5)29-44(45,42-15-6-19(40-17(15)10-32)30-8-13(3)22(34)27-25(30)37)43-16-7-20(41-18(16)11-33)31-9-14(4)23(35)28-26(31)38/h8-9,12,15-21,32-33H,6-7,10-11H2,1-5H3,(H,29,45)(H,27,34,37)(H,28,35,38)/t15-,16-,17+,18+,19+,20+,21-/m0/s1. The molecule has 2 aromatic rings. The number of rotatable bonds is 12. The lowest BCUT2D eigenvalue weighted by atomic mass is 10.1. The van der Waals surface area contributed by atoms with Crippen molar-refractivity contribution in [1.82, 2.24) is 24.2 Å². The Bertz CT molecular complexity index is 1570. The van der Waals surface area contributed by atoms with Crippen LogP contribution in [0.1, 0.15) is 50.3 Å². The number of hydrogen-bond donors (Lipinski definition) is 5. The van der Waals surface area contributed by atoms with Crippen LogP contribution in [0, 0.1) is 19.8 Å². The van der Waals surface area contributed by atoms with Gasteiger partial charge in [0.25, 0.3) is 17.8 Å². The molecule has 7 atom stereocenters. The van der Waals surface area contributed by atoms with Crippen LogP contribution in [0.5, 0.6) is 0 Å². The zero-order chi connectivity index (χ0) is 33.2. The number of ether oxygens (including phenoxy) is 3. The smallest absolute Gasteiger partial charge is 0.330 e. The van der Waals surface area contributed by atoms with Gasteiger partial charge in [0.15, 0.2) is 0 Å². The van der Waals surface area contributed by atoms with Gasteiger partial charge in [-0.3, -0.25) is 33.5 Å². The SMILES string of the molecule is COC(=O)[C@@H](NP(=S)(O[C@H]1C[C@H](n2cc(C)c(=O)[nH]c2=O)O[C@@H]1CO)O[C@H]1C[C@H](n2cc(C)c(=O)[nH]c2=O)O[C@@H]1CO)C(C)C. The summed E-state index contributed by atoms with van der Waals surface area (Å²) in [5.74, 6) is -0.990. The summed E-state index contributed by atoms with van der Waals surface area (Å²) in [6, 6.07) is -0.994. The number of aryl methyl sites for hydroxylation is 2. The molecule has 4 rings (SSSR count). The number of nitrogens with zero attached hydrogens (tertiary/aromatic N) is 2. The van der Waals surface area contributed by atoms with Crippen molar-refractivity contribution in [2.24, 2.45) is 5.92 Å². The van der Waals surface area contributed by atoms with Gasteiger partial charge in [0.2, 0.25) is 0 Å². The van der Waals surface area contributed by atoms with E-state index in [1.165, 1.54) is 42.5 Å². The number of carbonyl (C=O) groups is 1. The summed E-state index contributed by atoms with van der Waals surface area (Å²) in [4.78, 5) is 66.0. The minimum absolute atomic E-state index is 0.00386. The van der Waals surface area contributed by atoms with Crippen molar-refractivity contribution in [3.8, 4) is 0 Å². The van der Waals surface area contributed by atoms with Crippen LogP contribution in [-0.4, -0.2) is 86.1 Å². The van der Waals surface area contributed by atoms with Crippen LogP contribution in [0.3, 0.4) is 0 Å². The maximum Gasteiger partial charge on any atom is 0.330 e. The van der Waals surface area contributed by atoms with Gasteiger partial charge >= 0.3 is 17.3 Å². The Morgan fingerprint density at radius 1 is 0.956 bits per heavy atom. The first-order chi connectivity index (χ1) is 21.2. The van der Waals surface area contributed by atoms with Crippen LogP contribution in [0.4, 0.5) is 0 Å².